The molecule has 0 spiro atoms. The van der Waals surface area contributed by atoms with Crippen molar-refractivity contribution in [2.24, 2.45) is 11.7 Å². The highest BCUT2D eigenvalue weighted by Gasteiger charge is 2.10. The molecule has 102 valence electrons. The fourth-order valence-corrected chi connectivity index (χ4v) is 2.99. The summed E-state index contributed by atoms with van der Waals surface area (Å²) in [5.74, 6) is 1.05. The molecule has 0 aliphatic heterocycles. The molecule has 1 aromatic rings. The van der Waals surface area contributed by atoms with Crippen LogP contribution in [0, 0.1) is 5.92 Å². The summed E-state index contributed by atoms with van der Waals surface area (Å²) < 4.78 is 0. The molecular formula is C15H25NOS. The SMILES string of the molecule is CCCC(CCN)CCC(=O)CCc1ccsc1. The third-order valence-electron chi connectivity index (χ3n) is 3.38. The lowest BCUT2D eigenvalue weighted by Gasteiger charge is -2.14. The van der Waals surface area contributed by atoms with Crippen LogP contribution in [0.1, 0.15) is 51.0 Å². The lowest BCUT2D eigenvalue weighted by Crippen LogP contribution is -2.11. The minimum absolute atomic E-state index is 0.402. The van der Waals surface area contributed by atoms with Crippen LogP contribution in [0.2, 0.25) is 0 Å². The van der Waals surface area contributed by atoms with E-state index < -0.39 is 0 Å². The van der Waals surface area contributed by atoms with E-state index in [1.165, 1.54) is 18.4 Å². The van der Waals surface area contributed by atoms with Crippen LogP contribution in [0.3, 0.4) is 0 Å². The summed E-state index contributed by atoms with van der Waals surface area (Å²) in [6, 6.07) is 2.10. The van der Waals surface area contributed by atoms with Gasteiger partial charge >= 0.3 is 0 Å². The molecule has 0 amide bonds. The normalized spacial score (nSPS) is 12.6. The Labute approximate surface area is 115 Å². The zero-order chi connectivity index (χ0) is 13.2. The Morgan fingerprint density at radius 2 is 2.17 bits per heavy atom. The molecule has 0 bridgehead atoms. The van der Waals surface area contributed by atoms with Gasteiger partial charge in [-0.1, -0.05) is 19.8 Å². The van der Waals surface area contributed by atoms with Crippen molar-refractivity contribution in [1.29, 1.82) is 0 Å². The molecule has 0 saturated carbocycles. The number of thiophene rings is 1. The van der Waals surface area contributed by atoms with E-state index in [-0.39, 0.29) is 0 Å². The van der Waals surface area contributed by atoms with Gasteiger partial charge in [-0.2, -0.15) is 11.3 Å². The van der Waals surface area contributed by atoms with E-state index in [0.29, 0.717) is 18.1 Å². The molecule has 0 saturated heterocycles. The molecule has 0 aliphatic rings. The summed E-state index contributed by atoms with van der Waals surface area (Å²) in [5, 5.41) is 4.19. The van der Waals surface area contributed by atoms with Crippen molar-refractivity contribution in [1.82, 2.24) is 0 Å². The summed E-state index contributed by atoms with van der Waals surface area (Å²) in [6.07, 6.45) is 6.80. The predicted molar refractivity (Wildman–Crippen MR) is 79.0 cm³/mol. The molecule has 18 heavy (non-hydrogen) atoms. The molecule has 1 rings (SSSR count). The summed E-state index contributed by atoms with van der Waals surface area (Å²) in [5.41, 5.74) is 6.90. The van der Waals surface area contributed by atoms with Crippen molar-refractivity contribution in [2.45, 2.75) is 51.9 Å². The molecule has 0 aliphatic carbocycles. The second-order valence-electron chi connectivity index (χ2n) is 4.94. The fourth-order valence-electron chi connectivity index (χ4n) is 2.29. The first-order valence-corrected chi connectivity index (χ1v) is 7.93. The maximum atomic E-state index is 11.8. The van der Waals surface area contributed by atoms with E-state index in [2.05, 4.69) is 23.8 Å². The van der Waals surface area contributed by atoms with Crippen LogP contribution < -0.4 is 5.73 Å². The standard InChI is InChI=1S/C15H25NOS/c1-2-3-13(8-10-16)4-6-15(17)7-5-14-9-11-18-12-14/h9,11-13H,2-8,10,16H2,1H3. The first kappa shape index (κ1) is 15.4. The van der Waals surface area contributed by atoms with Gasteiger partial charge in [0, 0.05) is 12.8 Å². The number of rotatable bonds is 10. The summed E-state index contributed by atoms with van der Waals surface area (Å²) in [7, 11) is 0. The van der Waals surface area contributed by atoms with E-state index in [1.54, 1.807) is 11.3 Å². The number of nitrogens with two attached hydrogens (primary N) is 1. The maximum Gasteiger partial charge on any atom is 0.133 e. The van der Waals surface area contributed by atoms with Crippen LogP contribution in [0.15, 0.2) is 16.8 Å². The number of hydrogen-bond donors (Lipinski definition) is 1. The van der Waals surface area contributed by atoms with Gasteiger partial charge in [0.2, 0.25) is 0 Å². The smallest absolute Gasteiger partial charge is 0.133 e. The van der Waals surface area contributed by atoms with Crippen LogP contribution in [-0.2, 0) is 11.2 Å². The third kappa shape index (κ3) is 6.31. The van der Waals surface area contributed by atoms with Gasteiger partial charge in [-0.3, -0.25) is 4.79 Å². The molecule has 1 aromatic heterocycles. The zero-order valence-corrected chi connectivity index (χ0v) is 12.2. The quantitative estimate of drug-likeness (QED) is 0.701. The van der Waals surface area contributed by atoms with Crippen molar-refractivity contribution >= 4 is 17.1 Å². The van der Waals surface area contributed by atoms with Gasteiger partial charge in [-0.15, -0.1) is 0 Å². The highest BCUT2D eigenvalue weighted by molar-refractivity contribution is 7.07. The molecule has 1 atom stereocenters. The van der Waals surface area contributed by atoms with Crippen LogP contribution in [0.5, 0.6) is 0 Å². The average Bonchev–Trinajstić information content (AvgIpc) is 2.87. The number of Topliss-reactive ketones (excluding diaryl/α,β-unsaturated/α-hetero) is 1. The van der Waals surface area contributed by atoms with E-state index in [9.17, 15) is 4.79 Å². The predicted octanol–water partition coefficient (Wildman–Crippen LogP) is 3.80. The van der Waals surface area contributed by atoms with Crippen LogP contribution in [-0.4, -0.2) is 12.3 Å². The Kier molecular flexibility index (Phi) is 7.94. The first-order chi connectivity index (χ1) is 8.76. The number of aryl methyl sites for hydroxylation is 1. The second kappa shape index (κ2) is 9.29. The Bertz CT molecular complexity index is 315. The lowest BCUT2D eigenvalue weighted by molar-refractivity contribution is -0.119. The molecule has 0 radical (unpaired) electrons. The molecule has 2 N–H and O–H groups in total. The highest BCUT2D eigenvalue weighted by atomic mass is 32.1. The largest absolute Gasteiger partial charge is 0.330 e. The average molecular weight is 267 g/mol. The monoisotopic (exact) mass is 267 g/mol. The molecule has 2 nitrogen and oxygen atoms in total. The maximum absolute atomic E-state index is 11.8. The van der Waals surface area contributed by atoms with Gasteiger partial charge in [0.05, 0.1) is 0 Å². The van der Waals surface area contributed by atoms with Gasteiger partial charge in [-0.25, -0.2) is 0 Å². The van der Waals surface area contributed by atoms with E-state index >= 15 is 0 Å². The minimum atomic E-state index is 0.402. The van der Waals surface area contributed by atoms with Crippen molar-refractivity contribution in [3.8, 4) is 0 Å². The van der Waals surface area contributed by atoms with Gasteiger partial charge < -0.3 is 5.73 Å². The van der Waals surface area contributed by atoms with Gasteiger partial charge in [0.25, 0.3) is 0 Å². The third-order valence-corrected chi connectivity index (χ3v) is 4.11. The summed E-state index contributed by atoms with van der Waals surface area (Å²) in [6.45, 7) is 2.94. The zero-order valence-electron chi connectivity index (χ0n) is 11.4. The molecule has 1 heterocycles. The molecular weight excluding hydrogens is 242 g/mol. The van der Waals surface area contributed by atoms with Crippen molar-refractivity contribution < 1.29 is 4.79 Å². The van der Waals surface area contributed by atoms with E-state index in [1.807, 2.05) is 0 Å². The highest BCUT2D eigenvalue weighted by Crippen LogP contribution is 2.18. The van der Waals surface area contributed by atoms with Gasteiger partial charge in [-0.05, 0) is 54.1 Å². The van der Waals surface area contributed by atoms with Crippen molar-refractivity contribution in [2.75, 3.05) is 6.54 Å². The fraction of sp³-hybridized carbons (Fsp3) is 0.667. The van der Waals surface area contributed by atoms with Crippen molar-refractivity contribution in [3.63, 3.8) is 0 Å². The summed E-state index contributed by atoms with van der Waals surface area (Å²) >= 11 is 1.70. The number of carbonyl (C=O) groups is 1. The number of carbonyl (C=O) groups excluding carboxylic acids is 1. The summed E-state index contributed by atoms with van der Waals surface area (Å²) in [4.78, 5) is 11.8. The number of hydrogen-bond acceptors (Lipinski definition) is 3. The first-order valence-electron chi connectivity index (χ1n) is 6.99. The van der Waals surface area contributed by atoms with E-state index in [4.69, 9.17) is 5.73 Å². The van der Waals surface area contributed by atoms with E-state index in [0.717, 1.165) is 32.2 Å². The number of ketones is 1. The molecule has 3 heteroatoms. The van der Waals surface area contributed by atoms with Crippen molar-refractivity contribution in [3.05, 3.63) is 22.4 Å². The minimum Gasteiger partial charge on any atom is -0.330 e. The Morgan fingerprint density at radius 3 is 2.78 bits per heavy atom. The Hall–Kier alpha value is -0.670. The lowest BCUT2D eigenvalue weighted by atomic mass is 9.92. The Morgan fingerprint density at radius 1 is 1.33 bits per heavy atom. The van der Waals surface area contributed by atoms with Crippen LogP contribution >= 0.6 is 11.3 Å². The Balaban J connectivity index is 2.18. The second-order valence-corrected chi connectivity index (χ2v) is 5.72. The molecule has 1 unspecified atom stereocenters. The molecule has 0 fully saturated rings. The van der Waals surface area contributed by atoms with Gasteiger partial charge in [0.15, 0.2) is 0 Å². The van der Waals surface area contributed by atoms with Crippen LogP contribution in [0.4, 0.5) is 0 Å². The topological polar surface area (TPSA) is 43.1 Å². The molecule has 0 aromatic carbocycles. The van der Waals surface area contributed by atoms with Gasteiger partial charge in [0.1, 0.15) is 5.78 Å². The van der Waals surface area contributed by atoms with Crippen LogP contribution in [0.25, 0.3) is 0 Å².